The fraction of sp³-hybridized carbons (Fsp3) is 0.263. The summed E-state index contributed by atoms with van der Waals surface area (Å²) in [7, 11) is 3.21. The molecule has 25 heavy (non-hydrogen) atoms. The largest absolute Gasteiger partial charge is 0.497 e. The molecule has 0 saturated carbocycles. The predicted molar refractivity (Wildman–Crippen MR) is 95.9 cm³/mol. The predicted octanol–water partition coefficient (Wildman–Crippen LogP) is 2.39. The zero-order chi connectivity index (χ0) is 18.1. The van der Waals surface area contributed by atoms with Gasteiger partial charge in [0.2, 0.25) is 5.91 Å². The van der Waals surface area contributed by atoms with E-state index in [1.54, 1.807) is 38.4 Å². The first-order chi connectivity index (χ1) is 12.1. The molecule has 0 aliphatic carbocycles. The van der Waals surface area contributed by atoms with Crippen LogP contribution in [-0.4, -0.2) is 32.6 Å². The van der Waals surface area contributed by atoms with Gasteiger partial charge in [-0.2, -0.15) is 0 Å². The van der Waals surface area contributed by atoms with Gasteiger partial charge in [0.15, 0.2) is 6.61 Å². The molecule has 0 unspecified atom stereocenters. The van der Waals surface area contributed by atoms with Crippen LogP contribution in [0.2, 0.25) is 0 Å². The molecule has 0 aliphatic rings. The number of nitrogens with one attached hydrogen (secondary N) is 2. The van der Waals surface area contributed by atoms with Crippen molar-refractivity contribution in [1.82, 2.24) is 5.32 Å². The van der Waals surface area contributed by atoms with Crippen molar-refractivity contribution in [3.63, 3.8) is 0 Å². The second kappa shape index (κ2) is 9.32. The van der Waals surface area contributed by atoms with E-state index in [1.165, 1.54) is 0 Å². The molecule has 2 rings (SSSR count). The van der Waals surface area contributed by atoms with Gasteiger partial charge in [0, 0.05) is 19.2 Å². The van der Waals surface area contributed by atoms with Crippen molar-refractivity contribution in [3.05, 3.63) is 54.1 Å². The summed E-state index contributed by atoms with van der Waals surface area (Å²) < 4.78 is 10.5. The normalized spacial score (nSPS) is 10.0. The highest BCUT2D eigenvalue weighted by molar-refractivity contribution is 5.91. The number of carbonyl (C=O) groups excluding carboxylic acids is 2. The number of ether oxygens (including phenoxy) is 2. The number of benzene rings is 2. The van der Waals surface area contributed by atoms with Gasteiger partial charge in [-0.3, -0.25) is 9.59 Å². The van der Waals surface area contributed by atoms with Crippen LogP contribution in [0.5, 0.6) is 11.5 Å². The number of hydrogen-bond acceptors (Lipinski definition) is 4. The first kappa shape index (κ1) is 18.3. The second-order valence-corrected chi connectivity index (χ2v) is 5.38. The monoisotopic (exact) mass is 342 g/mol. The number of anilines is 1. The minimum absolute atomic E-state index is 0.00746. The maximum atomic E-state index is 11.9. The molecule has 0 fully saturated rings. The molecule has 0 radical (unpaired) electrons. The molecule has 6 nitrogen and oxygen atoms in total. The van der Waals surface area contributed by atoms with E-state index in [-0.39, 0.29) is 18.4 Å². The zero-order valence-electron chi connectivity index (χ0n) is 14.4. The van der Waals surface area contributed by atoms with Crippen LogP contribution in [0.25, 0.3) is 0 Å². The molecule has 0 aliphatic heterocycles. The van der Waals surface area contributed by atoms with Gasteiger partial charge in [-0.05, 0) is 48.4 Å². The highest BCUT2D eigenvalue weighted by atomic mass is 16.5. The Balaban J connectivity index is 1.78. The molecular formula is C19H22N2O4. The van der Waals surface area contributed by atoms with Crippen molar-refractivity contribution in [2.45, 2.75) is 12.8 Å². The summed E-state index contributed by atoms with van der Waals surface area (Å²) in [5.41, 5.74) is 1.73. The molecule has 6 heteroatoms. The number of carbonyl (C=O) groups is 2. The molecule has 2 amide bonds. The maximum Gasteiger partial charge on any atom is 0.262 e. The third-order valence-electron chi connectivity index (χ3n) is 3.59. The van der Waals surface area contributed by atoms with Gasteiger partial charge in [-0.1, -0.05) is 12.1 Å². The van der Waals surface area contributed by atoms with Crippen LogP contribution < -0.4 is 20.1 Å². The summed E-state index contributed by atoms with van der Waals surface area (Å²) >= 11 is 0. The first-order valence-electron chi connectivity index (χ1n) is 7.97. The average molecular weight is 342 g/mol. The van der Waals surface area contributed by atoms with E-state index in [1.807, 2.05) is 24.3 Å². The van der Waals surface area contributed by atoms with E-state index >= 15 is 0 Å². The minimum Gasteiger partial charge on any atom is -0.497 e. The third-order valence-corrected chi connectivity index (χ3v) is 3.59. The van der Waals surface area contributed by atoms with Crippen molar-refractivity contribution in [3.8, 4) is 11.5 Å². The van der Waals surface area contributed by atoms with Crippen LogP contribution in [-0.2, 0) is 16.0 Å². The van der Waals surface area contributed by atoms with Gasteiger partial charge >= 0.3 is 0 Å². The lowest BCUT2D eigenvalue weighted by atomic mass is 10.1. The molecule has 0 heterocycles. The van der Waals surface area contributed by atoms with Gasteiger partial charge in [0.25, 0.3) is 5.91 Å². The molecule has 0 atom stereocenters. The van der Waals surface area contributed by atoms with Crippen molar-refractivity contribution >= 4 is 17.5 Å². The number of hydrogen-bond donors (Lipinski definition) is 2. The lowest BCUT2D eigenvalue weighted by Gasteiger charge is -2.09. The number of methoxy groups -OCH3 is 1. The van der Waals surface area contributed by atoms with Gasteiger partial charge in [0.05, 0.1) is 7.11 Å². The van der Waals surface area contributed by atoms with Crippen LogP contribution in [0.15, 0.2) is 48.5 Å². The molecule has 132 valence electrons. The van der Waals surface area contributed by atoms with Crippen LogP contribution >= 0.6 is 0 Å². The van der Waals surface area contributed by atoms with Gasteiger partial charge in [-0.15, -0.1) is 0 Å². The molecule has 2 N–H and O–H groups in total. The SMILES string of the molecule is CNC(=O)CCc1ccc(NC(=O)COc2ccc(OC)cc2)cc1. The summed E-state index contributed by atoms with van der Waals surface area (Å²) in [5.74, 6) is 1.09. The summed E-state index contributed by atoms with van der Waals surface area (Å²) in [5, 5.41) is 5.36. The Bertz CT molecular complexity index is 696. The molecule has 0 bridgehead atoms. The average Bonchev–Trinajstić information content (AvgIpc) is 2.66. The fourth-order valence-corrected chi connectivity index (χ4v) is 2.16. The van der Waals surface area contributed by atoms with Gasteiger partial charge < -0.3 is 20.1 Å². The van der Waals surface area contributed by atoms with E-state index < -0.39 is 0 Å². The lowest BCUT2D eigenvalue weighted by Crippen LogP contribution is -2.20. The number of rotatable bonds is 8. The molecule has 0 aromatic heterocycles. The van der Waals surface area contributed by atoms with Crippen LogP contribution in [0.4, 0.5) is 5.69 Å². The molecule has 0 saturated heterocycles. The summed E-state index contributed by atoms with van der Waals surface area (Å²) in [6.07, 6.45) is 1.10. The Morgan fingerprint density at radius 2 is 1.56 bits per heavy atom. The molecule has 0 spiro atoms. The smallest absolute Gasteiger partial charge is 0.262 e. The minimum atomic E-state index is -0.242. The van der Waals surface area contributed by atoms with Crippen LogP contribution in [0, 0.1) is 0 Å². The lowest BCUT2D eigenvalue weighted by molar-refractivity contribution is -0.120. The van der Waals surface area contributed by atoms with E-state index in [0.29, 0.717) is 24.3 Å². The quantitative estimate of drug-likeness (QED) is 0.772. The topological polar surface area (TPSA) is 76.7 Å². The Morgan fingerprint density at radius 3 is 2.16 bits per heavy atom. The molecular weight excluding hydrogens is 320 g/mol. The fourth-order valence-electron chi connectivity index (χ4n) is 2.16. The molecule has 2 aromatic carbocycles. The Hall–Kier alpha value is -3.02. The van der Waals surface area contributed by atoms with Crippen LogP contribution in [0.1, 0.15) is 12.0 Å². The maximum absolute atomic E-state index is 11.9. The van der Waals surface area contributed by atoms with Crippen molar-refractivity contribution in [1.29, 1.82) is 0 Å². The van der Waals surface area contributed by atoms with E-state index in [2.05, 4.69) is 10.6 Å². The standard InChI is InChI=1S/C19H22N2O4/c1-20-18(22)12-5-14-3-6-15(7-4-14)21-19(23)13-25-17-10-8-16(24-2)9-11-17/h3-4,6-11H,5,12-13H2,1-2H3,(H,20,22)(H,21,23). The molecule has 2 aromatic rings. The van der Waals surface area contributed by atoms with Gasteiger partial charge in [0.1, 0.15) is 11.5 Å². The zero-order valence-corrected chi connectivity index (χ0v) is 14.4. The first-order valence-corrected chi connectivity index (χ1v) is 7.97. The van der Waals surface area contributed by atoms with E-state index in [9.17, 15) is 9.59 Å². The van der Waals surface area contributed by atoms with Crippen molar-refractivity contribution < 1.29 is 19.1 Å². The third kappa shape index (κ3) is 6.18. The van der Waals surface area contributed by atoms with Crippen molar-refractivity contribution in [2.75, 3.05) is 26.1 Å². The number of amides is 2. The van der Waals surface area contributed by atoms with E-state index in [0.717, 1.165) is 11.3 Å². The Kier molecular flexibility index (Phi) is 6.83. The summed E-state index contributed by atoms with van der Waals surface area (Å²) in [6.45, 7) is -0.0786. The number of aryl methyl sites for hydroxylation is 1. The highest BCUT2D eigenvalue weighted by Gasteiger charge is 2.05. The van der Waals surface area contributed by atoms with Gasteiger partial charge in [-0.25, -0.2) is 0 Å². The Labute approximate surface area is 147 Å². The van der Waals surface area contributed by atoms with Crippen LogP contribution in [0.3, 0.4) is 0 Å². The second-order valence-electron chi connectivity index (χ2n) is 5.38. The van der Waals surface area contributed by atoms with Crippen molar-refractivity contribution in [2.24, 2.45) is 0 Å². The highest BCUT2D eigenvalue weighted by Crippen LogP contribution is 2.17. The summed E-state index contributed by atoms with van der Waals surface area (Å²) in [6, 6.07) is 14.4. The Morgan fingerprint density at radius 1 is 0.920 bits per heavy atom. The summed E-state index contributed by atoms with van der Waals surface area (Å²) in [4.78, 5) is 23.2. The van der Waals surface area contributed by atoms with E-state index in [4.69, 9.17) is 9.47 Å².